The minimum Gasteiger partial charge on any atom is -0.381 e. The Balaban J connectivity index is 0.000000142. The van der Waals surface area contributed by atoms with E-state index in [4.69, 9.17) is 16.3 Å². The lowest BCUT2D eigenvalue weighted by molar-refractivity contribution is 0.0889. The molecule has 3 fully saturated rings. The third-order valence-electron chi connectivity index (χ3n) is 6.75. The number of nitrogens with zero attached hydrogens (tertiary/aromatic N) is 6. The molecule has 188 valence electrons. The van der Waals surface area contributed by atoms with Crippen LogP contribution in [-0.2, 0) is 11.8 Å². The predicted octanol–water partition coefficient (Wildman–Crippen LogP) is 4.75. The van der Waals surface area contributed by atoms with Gasteiger partial charge in [0.15, 0.2) is 5.52 Å². The van der Waals surface area contributed by atoms with Crippen LogP contribution < -0.4 is 5.56 Å². The minimum atomic E-state index is -0.525. The molecule has 1 aliphatic heterocycles. The maximum absolute atomic E-state index is 14.1. The van der Waals surface area contributed by atoms with Crippen molar-refractivity contribution in [3.63, 3.8) is 0 Å². The van der Waals surface area contributed by atoms with E-state index in [-0.39, 0.29) is 32.9 Å². The molecular formula is C26H28ClFN6O2. The first-order chi connectivity index (χ1) is 17.4. The van der Waals surface area contributed by atoms with Crippen LogP contribution in [-0.4, -0.2) is 42.5 Å². The summed E-state index contributed by atoms with van der Waals surface area (Å²) in [4.78, 5) is 24.5. The van der Waals surface area contributed by atoms with Crippen molar-refractivity contribution in [3.05, 3.63) is 70.0 Å². The summed E-state index contributed by atoms with van der Waals surface area (Å²) in [6.45, 7) is 3.78. The van der Waals surface area contributed by atoms with E-state index in [9.17, 15) is 9.18 Å². The number of ether oxygens (including phenoxy) is 1. The fraction of sp³-hybridized carbons (Fsp3) is 0.423. The van der Waals surface area contributed by atoms with E-state index in [0.717, 1.165) is 31.1 Å². The van der Waals surface area contributed by atoms with Gasteiger partial charge in [-0.15, -0.1) is 0 Å². The van der Waals surface area contributed by atoms with Crippen LogP contribution in [0.2, 0.25) is 5.02 Å². The minimum absolute atomic E-state index is 0.155. The second kappa shape index (κ2) is 10.4. The molecule has 0 radical (unpaired) electrons. The summed E-state index contributed by atoms with van der Waals surface area (Å²) in [5.41, 5.74) is 0.638. The molecule has 1 aromatic carbocycles. The van der Waals surface area contributed by atoms with Gasteiger partial charge in [-0.25, -0.2) is 19.3 Å². The summed E-state index contributed by atoms with van der Waals surface area (Å²) in [5, 5.41) is 4.38. The van der Waals surface area contributed by atoms with Crippen LogP contribution in [0.3, 0.4) is 0 Å². The van der Waals surface area contributed by atoms with Crippen molar-refractivity contribution in [1.29, 1.82) is 0 Å². The highest BCUT2D eigenvalue weighted by atomic mass is 35.5. The molecule has 0 spiro atoms. The monoisotopic (exact) mass is 510 g/mol. The van der Waals surface area contributed by atoms with E-state index in [0.29, 0.717) is 5.82 Å². The van der Waals surface area contributed by atoms with Gasteiger partial charge in [-0.1, -0.05) is 11.6 Å². The Morgan fingerprint density at radius 1 is 1.14 bits per heavy atom. The number of aromatic nitrogens is 6. The van der Waals surface area contributed by atoms with Crippen LogP contribution in [0.25, 0.3) is 22.3 Å². The van der Waals surface area contributed by atoms with Crippen molar-refractivity contribution in [1.82, 2.24) is 29.3 Å². The van der Waals surface area contributed by atoms with Crippen molar-refractivity contribution in [2.45, 2.75) is 38.6 Å². The Kier molecular flexibility index (Phi) is 7.11. The molecule has 2 saturated carbocycles. The summed E-state index contributed by atoms with van der Waals surface area (Å²) in [6, 6.07) is 6.97. The Hall–Kier alpha value is -3.17. The first kappa shape index (κ1) is 24.5. The second-order valence-corrected chi connectivity index (χ2v) is 9.84. The van der Waals surface area contributed by atoms with E-state index in [1.54, 1.807) is 20.0 Å². The lowest BCUT2D eigenvalue weighted by Gasteiger charge is -2.08. The zero-order chi connectivity index (χ0) is 25.2. The molecule has 4 heterocycles. The summed E-state index contributed by atoms with van der Waals surface area (Å²) in [5.74, 6) is 2.03. The normalized spacial score (nSPS) is 20.0. The fourth-order valence-electron chi connectivity index (χ4n) is 4.24. The molecule has 3 aliphatic rings. The van der Waals surface area contributed by atoms with Crippen LogP contribution in [0.5, 0.6) is 0 Å². The number of rotatable bonds is 2. The average molecular weight is 511 g/mol. The molecule has 2 aliphatic carbocycles. The van der Waals surface area contributed by atoms with Crippen molar-refractivity contribution in [2.24, 2.45) is 18.9 Å². The molecule has 0 amide bonds. The lowest BCUT2D eigenvalue weighted by atomic mass is 10.1. The van der Waals surface area contributed by atoms with Gasteiger partial charge in [-0.2, -0.15) is 5.10 Å². The molecular weight excluding hydrogens is 483 g/mol. The molecule has 4 aromatic rings. The number of hydrogen-bond acceptors (Lipinski definition) is 6. The average Bonchev–Trinajstić information content (AvgIpc) is 3.81. The van der Waals surface area contributed by atoms with Crippen molar-refractivity contribution >= 4 is 22.6 Å². The van der Waals surface area contributed by atoms with Crippen molar-refractivity contribution < 1.29 is 9.13 Å². The topological polar surface area (TPSA) is 87.7 Å². The fourth-order valence-corrected chi connectivity index (χ4v) is 4.39. The highest BCUT2D eigenvalue weighted by Gasteiger charge is 2.39. The van der Waals surface area contributed by atoms with E-state index >= 15 is 0 Å². The van der Waals surface area contributed by atoms with Crippen molar-refractivity contribution in [2.75, 3.05) is 13.2 Å². The molecule has 10 heteroatoms. The van der Waals surface area contributed by atoms with Gasteiger partial charge in [-0.05, 0) is 68.7 Å². The number of hydrogen-bond donors (Lipinski definition) is 0. The second-order valence-electron chi connectivity index (χ2n) is 9.40. The zero-order valence-electron chi connectivity index (χ0n) is 20.3. The van der Waals surface area contributed by atoms with Crippen LogP contribution >= 0.6 is 11.6 Å². The van der Waals surface area contributed by atoms with E-state index in [2.05, 4.69) is 20.1 Å². The van der Waals surface area contributed by atoms with Gasteiger partial charge in [-0.3, -0.25) is 14.0 Å². The Labute approximate surface area is 213 Å². The predicted molar refractivity (Wildman–Crippen MR) is 135 cm³/mol. The number of aryl methyl sites for hydroxylation is 1. The molecule has 1 saturated heterocycles. The Morgan fingerprint density at radius 2 is 1.97 bits per heavy atom. The number of fused-ring (bicyclic) bond motifs is 2. The summed E-state index contributed by atoms with van der Waals surface area (Å²) >= 11 is 5.75. The zero-order valence-corrected chi connectivity index (χ0v) is 21.0. The molecule has 2 atom stereocenters. The summed E-state index contributed by atoms with van der Waals surface area (Å²) in [7, 11) is 1.61. The SMILES string of the molecule is C1CC2CC2CO1.Cc1nc2c(-c3ccc(Cl)cc3F)ncnc2c(=O)n1C.c1cnn(C2CC2)c1. The molecule has 0 N–H and O–H groups in total. The lowest BCUT2D eigenvalue weighted by Crippen LogP contribution is -2.22. The largest absolute Gasteiger partial charge is 0.381 e. The molecule has 2 unspecified atom stereocenters. The van der Waals surface area contributed by atoms with Gasteiger partial charge in [0.05, 0.1) is 6.04 Å². The highest BCUT2D eigenvalue weighted by Crippen LogP contribution is 2.43. The van der Waals surface area contributed by atoms with E-state index in [1.807, 2.05) is 23.1 Å². The van der Waals surface area contributed by atoms with Crippen LogP contribution in [0.1, 0.15) is 37.5 Å². The van der Waals surface area contributed by atoms with Crippen LogP contribution in [0.15, 0.2) is 47.8 Å². The number of halogens is 2. The highest BCUT2D eigenvalue weighted by molar-refractivity contribution is 6.30. The van der Waals surface area contributed by atoms with Crippen LogP contribution in [0, 0.1) is 24.6 Å². The Bertz CT molecular complexity index is 1410. The quantitative estimate of drug-likeness (QED) is 0.386. The number of benzene rings is 1. The van der Waals surface area contributed by atoms with E-state index < -0.39 is 5.82 Å². The van der Waals surface area contributed by atoms with Gasteiger partial charge in [0.25, 0.3) is 5.56 Å². The molecule has 36 heavy (non-hydrogen) atoms. The molecule has 0 bridgehead atoms. The standard InChI is InChI=1S/C14H10ClFN4O.C6H8N2.C6H10O/c1-7-19-12-11(9-4-3-8(15)5-10(9)16)17-6-18-13(12)14(21)20(7)2;1-4-7-8(5-1)6-2-3-6;1-2-7-4-6-3-5(1)6/h3-6H,1-2H3;1,4-6H,2-3H2;5-6H,1-4H2. The van der Waals surface area contributed by atoms with Crippen molar-refractivity contribution in [3.8, 4) is 11.3 Å². The summed E-state index contributed by atoms with van der Waals surface area (Å²) in [6.07, 6.45) is 10.5. The third-order valence-corrected chi connectivity index (χ3v) is 6.99. The first-order valence-electron chi connectivity index (χ1n) is 12.1. The maximum atomic E-state index is 14.1. The first-order valence-corrected chi connectivity index (χ1v) is 12.5. The maximum Gasteiger partial charge on any atom is 0.279 e. The summed E-state index contributed by atoms with van der Waals surface area (Å²) < 4.78 is 22.7. The molecule has 8 nitrogen and oxygen atoms in total. The smallest absolute Gasteiger partial charge is 0.279 e. The van der Waals surface area contributed by atoms with Gasteiger partial charge in [0.1, 0.15) is 29.2 Å². The van der Waals surface area contributed by atoms with Gasteiger partial charge in [0, 0.05) is 43.2 Å². The van der Waals surface area contributed by atoms with Gasteiger partial charge in [0.2, 0.25) is 0 Å². The van der Waals surface area contributed by atoms with Gasteiger partial charge < -0.3 is 4.74 Å². The van der Waals surface area contributed by atoms with Crippen LogP contribution in [0.4, 0.5) is 4.39 Å². The molecule has 3 aromatic heterocycles. The molecule has 7 rings (SSSR count). The van der Waals surface area contributed by atoms with E-state index in [1.165, 1.54) is 48.7 Å². The third kappa shape index (κ3) is 5.47. The Morgan fingerprint density at radius 3 is 2.61 bits per heavy atom. The van der Waals surface area contributed by atoms with Gasteiger partial charge >= 0.3 is 0 Å².